The van der Waals surface area contributed by atoms with E-state index in [0.717, 1.165) is 32.0 Å². The molecule has 3 heteroatoms. The van der Waals surface area contributed by atoms with E-state index in [0.29, 0.717) is 6.61 Å². The SMILES string of the molecule is COCCC[C@@]1(CO)CCCN(C2CCCCC2)C1. The van der Waals surface area contributed by atoms with E-state index in [4.69, 9.17) is 4.74 Å². The minimum Gasteiger partial charge on any atom is -0.396 e. The highest BCUT2D eigenvalue weighted by atomic mass is 16.5. The van der Waals surface area contributed by atoms with Crippen molar-refractivity contribution in [1.82, 2.24) is 4.90 Å². The van der Waals surface area contributed by atoms with Gasteiger partial charge in [-0.15, -0.1) is 0 Å². The van der Waals surface area contributed by atoms with Crippen molar-refractivity contribution in [2.75, 3.05) is 33.4 Å². The Morgan fingerprint density at radius 2 is 2.00 bits per heavy atom. The van der Waals surface area contributed by atoms with E-state index in [1.54, 1.807) is 7.11 Å². The molecule has 0 unspecified atom stereocenters. The average Bonchev–Trinajstić information content (AvgIpc) is 2.49. The lowest BCUT2D eigenvalue weighted by Crippen LogP contribution is -2.50. The van der Waals surface area contributed by atoms with Crippen LogP contribution in [0.4, 0.5) is 0 Å². The molecule has 2 fully saturated rings. The minimum absolute atomic E-state index is 0.147. The summed E-state index contributed by atoms with van der Waals surface area (Å²) < 4.78 is 5.17. The standard InChI is InChI=1S/C16H31NO2/c1-19-12-6-10-16(14-18)9-5-11-17(13-16)15-7-3-2-4-8-15/h15,18H,2-14H2,1H3/t16-/m0/s1. The monoisotopic (exact) mass is 269 g/mol. The third kappa shape index (κ3) is 4.17. The first kappa shape index (κ1) is 15.3. The van der Waals surface area contributed by atoms with Crippen LogP contribution in [0.1, 0.15) is 57.8 Å². The van der Waals surface area contributed by atoms with Crippen LogP contribution < -0.4 is 0 Å². The number of hydrogen-bond donors (Lipinski definition) is 1. The molecule has 0 spiro atoms. The molecular formula is C16H31NO2. The fourth-order valence-corrected chi connectivity index (χ4v) is 4.01. The molecule has 0 aromatic rings. The fourth-order valence-electron chi connectivity index (χ4n) is 4.01. The van der Waals surface area contributed by atoms with Crippen molar-refractivity contribution in [3.05, 3.63) is 0 Å². The molecule has 2 rings (SSSR count). The van der Waals surface area contributed by atoms with Crippen LogP contribution in [0.2, 0.25) is 0 Å². The van der Waals surface area contributed by atoms with Crippen molar-refractivity contribution in [3.63, 3.8) is 0 Å². The van der Waals surface area contributed by atoms with E-state index in [9.17, 15) is 5.11 Å². The molecule has 19 heavy (non-hydrogen) atoms. The number of aliphatic hydroxyl groups is 1. The van der Waals surface area contributed by atoms with E-state index in [1.165, 1.54) is 51.5 Å². The number of ether oxygens (including phenoxy) is 1. The third-order valence-electron chi connectivity index (χ3n) is 5.17. The molecule has 3 nitrogen and oxygen atoms in total. The summed E-state index contributed by atoms with van der Waals surface area (Å²) in [6.07, 6.45) is 11.6. The molecule has 0 aromatic carbocycles. The van der Waals surface area contributed by atoms with Gasteiger partial charge >= 0.3 is 0 Å². The molecule has 0 radical (unpaired) electrons. The van der Waals surface area contributed by atoms with Gasteiger partial charge in [0.2, 0.25) is 0 Å². The van der Waals surface area contributed by atoms with E-state index >= 15 is 0 Å². The number of methoxy groups -OCH3 is 1. The highest BCUT2D eigenvalue weighted by molar-refractivity contribution is 4.90. The lowest BCUT2D eigenvalue weighted by atomic mass is 9.76. The van der Waals surface area contributed by atoms with Crippen molar-refractivity contribution in [2.24, 2.45) is 5.41 Å². The van der Waals surface area contributed by atoms with Crippen molar-refractivity contribution < 1.29 is 9.84 Å². The van der Waals surface area contributed by atoms with E-state index < -0.39 is 0 Å². The number of aliphatic hydroxyl groups excluding tert-OH is 1. The Hall–Kier alpha value is -0.120. The van der Waals surface area contributed by atoms with Crippen LogP contribution in [0.3, 0.4) is 0 Å². The largest absolute Gasteiger partial charge is 0.396 e. The van der Waals surface area contributed by atoms with E-state index in [1.807, 2.05) is 0 Å². The highest BCUT2D eigenvalue weighted by Gasteiger charge is 2.36. The van der Waals surface area contributed by atoms with Crippen LogP contribution >= 0.6 is 0 Å². The molecule has 1 saturated heterocycles. The molecule has 0 aromatic heterocycles. The lowest BCUT2D eigenvalue weighted by Gasteiger charge is -2.46. The topological polar surface area (TPSA) is 32.7 Å². The summed E-state index contributed by atoms with van der Waals surface area (Å²) >= 11 is 0. The van der Waals surface area contributed by atoms with Gasteiger partial charge in [-0.3, -0.25) is 4.90 Å². The number of rotatable bonds is 6. The van der Waals surface area contributed by atoms with Gasteiger partial charge in [-0.2, -0.15) is 0 Å². The number of piperidine rings is 1. The maximum atomic E-state index is 9.89. The van der Waals surface area contributed by atoms with Gasteiger partial charge in [-0.1, -0.05) is 19.3 Å². The summed E-state index contributed by atoms with van der Waals surface area (Å²) in [4.78, 5) is 2.69. The third-order valence-corrected chi connectivity index (χ3v) is 5.17. The second-order valence-electron chi connectivity index (χ2n) is 6.62. The Morgan fingerprint density at radius 1 is 1.21 bits per heavy atom. The summed E-state index contributed by atoms with van der Waals surface area (Å²) in [5.41, 5.74) is 0.147. The first-order valence-electron chi connectivity index (χ1n) is 8.13. The Kier molecular flexibility index (Phi) is 6.11. The van der Waals surface area contributed by atoms with Crippen molar-refractivity contribution in [1.29, 1.82) is 0 Å². The van der Waals surface area contributed by atoms with Gasteiger partial charge in [-0.25, -0.2) is 0 Å². The Morgan fingerprint density at radius 3 is 2.68 bits per heavy atom. The maximum Gasteiger partial charge on any atom is 0.0499 e. The van der Waals surface area contributed by atoms with Gasteiger partial charge in [0.1, 0.15) is 0 Å². The first-order valence-corrected chi connectivity index (χ1v) is 8.13. The molecule has 112 valence electrons. The quantitative estimate of drug-likeness (QED) is 0.753. The van der Waals surface area contributed by atoms with Crippen LogP contribution in [-0.4, -0.2) is 49.5 Å². The highest BCUT2D eigenvalue weighted by Crippen LogP contribution is 2.37. The molecule has 0 amide bonds. The van der Waals surface area contributed by atoms with Crippen LogP contribution in [0.15, 0.2) is 0 Å². The van der Waals surface area contributed by atoms with Crippen LogP contribution in [0.25, 0.3) is 0 Å². The van der Waals surface area contributed by atoms with Crippen LogP contribution in [0, 0.1) is 5.41 Å². The van der Waals surface area contributed by atoms with Crippen molar-refractivity contribution >= 4 is 0 Å². The smallest absolute Gasteiger partial charge is 0.0499 e. The average molecular weight is 269 g/mol. The van der Waals surface area contributed by atoms with Gasteiger partial charge in [0.15, 0.2) is 0 Å². The van der Waals surface area contributed by atoms with E-state index in [2.05, 4.69) is 4.90 Å². The zero-order valence-corrected chi connectivity index (χ0v) is 12.6. The van der Waals surface area contributed by atoms with Crippen molar-refractivity contribution in [2.45, 2.75) is 63.8 Å². The normalized spacial score (nSPS) is 30.6. The Bertz CT molecular complexity index is 253. The van der Waals surface area contributed by atoms with Crippen molar-refractivity contribution in [3.8, 4) is 0 Å². The van der Waals surface area contributed by atoms with Gasteiger partial charge in [0.25, 0.3) is 0 Å². The molecule has 1 heterocycles. The molecule has 1 saturated carbocycles. The lowest BCUT2D eigenvalue weighted by molar-refractivity contribution is -0.00546. The zero-order chi connectivity index (χ0) is 13.6. The first-order chi connectivity index (χ1) is 9.29. The summed E-state index contributed by atoms with van der Waals surface area (Å²) in [6.45, 7) is 3.53. The molecule has 2 aliphatic rings. The second kappa shape index (κ2) is 7.61. The maximum absolute atomic E-state index is 9.89. The Labute approximate surface area is 118 Å². The molecule has 1 aliphatic carbocycles. The minimum atomic E-state index is 0.147. The summed E-state index contributed by atoms with van der Waals surface area (Å²) in [7, 11) is 1.76. The number of nitrogens with zero attached hydrogens (tertiary/aromatic N) is 1. The second-order valence-corrected chi connectivity index (χ2v) is 6.62. The van der Waals surface area contributed by atoms with Crippen LogP contribution in [0.5, 0.6) is 0 Å². The molecular weight excluding hydrogens is 238 g/mol. The zero-order valence-electron chi connectivity index (χ0n) is 12.6. The van der Waals surface area contributed by atoms with Gasteiger partial charge in [0, 0.05) is 38.3 Å². The molecule has 1 N–H and O–H groups in total. The predicted octanol–water partition coefficient (Wildman–Crippen LogP) is 2.82. The van der Waals surface area contributed by atoms with Crippen LogP contribution in [-0.2, 0) is 4.74 Å². The molecule has 1 atom stereocenters. The fraction of sp³-hybridized carbons (Fsp3) is 1.00. The number of likely N-dealkylation sites (tertiary alicyclic amines) is 1. The van der Waals surface area contributed by atoms with Gasteiger partial charge in [-0.05, 0) is 45.1 Å². The summed E-state index contributed by atoms with van der Waals surface area (Å²) in [5.74, 6) is 0. The number of hydrogen-bond acceptors (Lipinski definition) is 3. The van der Waals surface area contributed by atoms with E-state index in [-0.39, 0.29) is 5.41 Å². The molecule has 0 bridgehead atoms. The summed E-state index contributed by atoms with van der Waals surface area (Å²) in [5, 5.41) is 9.89. The summed E-state index contributed by atoms with van der Waals surface area (Å²) in [6, 6.07) is 0.794. The van der Waals surface area contributed by atoms with Gasteiger partial charge in [0.05, 0.1) is 0 Å². The van der Waals surface area contributed by atoms with Gasteiger partial charge < -0.3 is 9.84 Å². The Balaban J connectivity index is 1.89. The molecule has 1 aliphatic heterocycles. The predicted molar refractivity (Wildman–Crippen MR) is 78.3 cm³/mol.